The monoisotopic (exact) mass is 392 g/mol. The Morgan fingerprint density at radius 1 is 0.962 bits per heavy atom. The van der Waals surface area contributed by atoms with Gasteiger partial charge in [0.15, 0.2) is 0 Å². The summed E-state index contributed by atoms with van der Waals surface area (Å²) in [5, 5.41) is 11.1. The summed E-state index contributed by atoms with van der Waals surface area (Å²) < 4.78 is 0. The highest BCUT2D eigenvalue weighted by Crippen LogP contribution is 2.26. The van der Waals surface area contributed by atoms with E-state index in [4.69, 9.17) is 23.2 Å². The lowest BCUT2D eigenvalue weighted by Crippen LogP contribution is -2.50. The maximum atomic E-state index is 12.7. The topological polar surface area (TPSA) is 43.8 Å². The molecule has 26 heavy (non-hydrogen) atoms. The lowest BCUT2D eigenvalue weighted by Gasteiger charge is -2.36. The van der Waals surface area contributed by atoms with Gasteiger partial charge in [0.25, 0.3) is 5.91 Å². The van der Waals surface area contributed by atoms with Crippen LogP contribution < -0.4 is 0 Å². The van der Waals surface area contributed by atoms with Crippen LogP contribution in [0.3, 0.4) is 0 Å². The van der Waals surface area contributed by atoms with Gasteiger partial charge >= 0.3 is 0 Å². The third kappa shape index (κ3) is 4.77. The molecule has 1 fully saturated rings. The van der Waals surface area contributed by atoms with Crippen molar-refractivity contribution in [1.29, 1.82) is 0 Å². The Morgan fingerprint density at radius 2 is 1.58 bits per heavy atom. The fourth-order valence-electron chi connectivity index (χ4n) is 3.24. The molecule has 0 aliphatic carbocycles. The fraction of sp³-hybridized carbons (Fsp3) is 0.350. The molecule has 1 amide bonds. The molecule has 6 heteroatoms. The van der Waals surface area contributed by atoms with Crippen molar-refractivity contribution >= 4 is 29.1 Å². The van der Waals surface area contributed by atoms with Crippen molar-refractivity contribution in [2.75, 3.05) is 32.7 Å². The molecule has 2 aromatic rings. The summed E-state index contributed by atoms with van der Waals surface area (Å²) in [4.78, 5) is 16.7. The van der Waals surface area contributed by atoms with Gasteiger partial charge in [-0.15, -0.1) is 0 Å². The van der Waals surface area contributed by atoms with Gasteiger partial charge in [-0.2, -0.15) is 0 Å². The minimum Gasteiger partial charge on any atom is -0.391 e. The molecule has 1 unspecified atom stereocenters. The van der Waals surface area contributed by atoms with Crippen molar-refractivity contribution in [1.82, 2.24) is 9.80 Å². The third-order valence-corrected chi connectivity index (χ3v) is 5.25. The number of nitrogens with zero attached hydrogens (tertiary/aromatic N) is 2. The molecule has 3 rings (SSSR count). The van der Waals surface area contributed by atoms with Crippen molar-refractivity contribution in [3.63, 3.8) is 0 Å². The molecule has 1 saturated heterocycles. The van der Waals surface area contributed by atoms with Crippen LogP contribution in [0.1, 0.15) is 15.9 Å². The highest BCUT2D eigenvalue weighted by Gasteiger charge is 2.26. The van der Waals surface area contributed by atoms with Crippen LogP contribution in [0, 0.1) is 0 Å². The first-order valence-electron chi connectivity index (χ1n) is 8.72. The molecule has 0 saturated carbocycles. The Balaban J connectivity index is 1.52. The number of benzene rings is 2. The molecule has 1 atom stereocenters. The highest BCUT2D eigenvalue weighted by molar-refractivity contribution is 6.39. The molecule has 0 bridgehead atoms. The smallest absolute Gasteiger partial charge is 0.256 e. The minimum absolute atomic E-state index is 0.134. The summed E-state index contributed by atoms with van der Waals surface area (Å²) in [6.07, 6.45) is 0.215. The molecule has 0 aromatic heterocycles. The predicted molar refractivity (Wildman–Crippen MR) is 105 cm³/mol. The number of aliphatic hydroxyl groups is 1. The number of rotatable bonds is 5. The van der Waals surface area contributed by atoms with Gasteiger partial charge in [0.1, 0.15) is 0 Å². The van der Waals surface area contributed by atoms with Crippen molar-refractivity contribution < 1.29 is 9.90 Å². The second-order valence-electron chi connectivity index (χ2n) is 6.53. The van der Waals surface area contributed by atoms with Gasteiger partial charge in [0.2, 0.25) is 0 Å². The lowest BCUT2D eigenvalue weighted by atomic mass is 10.1. The fourth-order valence-corrected chi connectivity index (χ4v) is 3.80. The van der Waals surface area contributed by atoms with Crippen LogP contribution in [0.15, 0.2) is 48.5 Å². The van der Waals surface area contributed by atoms with Gasteiger partial charge in [-0.1, -0.05) is 59.6 Å². The standard InChI is InChI=1S/C20H22Cl2N2O2/c21-17-7-4-8-18(22)19(17)20(26)24-11-9-23(10-12-24)14-16(25)13-15-5-2-1-3-6-15/h1-8,16,25H,9-14H2. The summed E-state index contributed by atoms with van der Waals surface area (Å²) in [7, 11) is 0. The highest BCUT2D eigenvalue weighted by atomic mass is 35.5. The molecule has 4 nitrogen and oxygen atoms in total. The van der Waals surface area contributed by atoms with E-state index in [1.54, 1.807) is 23.1 Å². The number of hydrogen-bond acceptors (Lipinski definition) is 3. The molecule has 0 spiro atoms. The van der Waals surface area contributed by atoms with Gasteiger partial charge < -0.3 is 10.0 Å². The average Bonchev–Trinajstić information content (AvgIpc) is 2.63. The lowest BCUT2D eigenvalue weighted by molar-refractivity contribution is 0.0530. The third-order valence-electron chi connectivity index (χ3n) is 4.62. The van der Waals surface area contributed by atoms with Gasteiger partial charge in [-0.25, -0.2) is 0 Å². The molecule has 1 heterocycles. The maximum Gasteiger partial charge on any atom is 0.256 e. The van der Waals surface area contributed by atoms with E-state index in [2.05, 4.69) is 4.90 Å². The Morgan fingerprint density at radius 3 is 2.19 bits per heavy atom. The summed E-state index contributed by atoms with van der Waals surface area (Å²) in [5.41, 5.74) is 1.50. The maximum absolute atomic E-state index is 12.7. The van der Waals surface area contributed by atoms with E-state index in [0.717, 1.165) is 18.7 Å². The zero-order valence-corrected chi connectivity index (χ0v) is 16.0. The van der Waals surface area contributed by atoms with E-state index in [-0.39, 0.29) is 5.91 Å². The van der Waals surface area contributed by atoms with E-state index in [1.165, 1.54) is 0 Å². The van der Waals surface area contributed by atoms with Crippen LogP contribution in [0.4, 0.5) is 0 Å². The zero-order valence-electron chi connectivity index (χ0n) is 14.4. The normalized spacial score (nSPS) is 16.5. The Kier molecular flexibility index (Phi) is 6.54. The van der Waals surface area contributed by atoms with E-state index < -0.39 is 6.10 Å². The second kappa shape index (κ2) is 8.87. The zero-order chi connectivity index (χ0) is 18.5. The quantitative estimate of drug-likeness (QED) is 0.848. The first kappa shape index (κ1) is 19.2. The van der Waals surface area contributed by atoms with E-state index in [9.17, 15) is 9.90 Å². The van der Waals surface area contributed by atoms with Crippen LogP contribution in [0.25, 0.3) is 0 Å². The molecular formula is C20H22Cl2N2O2. The molecule has 1 aliphatic rings. The van der Waals surface area contributed by atoms with E-state index in [0.29, 0.717) is 41.7 Å². The number of halogens is 2. The Labute approximate surface area is 163 Å². The van der Waals surface area contributed by atoms with Crippen LogP contribution >= 0.6 is 23.2 Å². The summed E-state index contributed by atoms with van der Waals surface area (Å²) >= 11 is 12.3. The molecule has 138 valence electrons. The molecule has 1 N–H and O–H groups in total. The molecule has 2 aromatic carbocycles. The van der Waals surface area contributed by atoms with E-state index in [1.807, 2.05) is 30.3 Å². The van der Waals surface area contributed by atoms with Crippen molar-refractivity contribution in [2.45, 2.75) is 12.5 Å². The number of amides is 1. The summed E-state index contributed by atoms with van der Waals surface area (Å²) in [6.45, 7) is 3.24. The SMILES string of the molecule is O=C(c1c(Cl)cccc1Cl)N1CCN(CC(O)Cc2ccccc2)CC1. The van der Waals surface area contributed by atoms with Gasteiger partial charge in [-0.05, 0) is 24.1 Å². The molecule has 1 aliphatic heterocycles. The van der Waals surface area contributed by atoms with Crippen LogP contribution in [0.2, 0.25) is 10.0 Å². The summed E-state index contributed by atoms with van der Waals surface area (Å²) in [6, 6.07) is 15.1. The Hall–Kier alpha value is -1.59. The first-order chi connectivity index (χ1) is 12.5. The van der Waals surface area contributed by atoms with Crippen LogP contribution in [0.5, 0.6) is 0 Å². The Bertz CT molecular complexity index is 726. The number of hydrogen-bond donors (Lipinski definition) is 1. The van der Waals surface area contributed by atoms with E-state index >= 15 is 0 Å². The average molecular weight is 393 g/mol. The number of aliphatic hydroxyl groups excluding tert-OH is 1. The van der Waals surface area contributed by atoms with Crippen molar-refractivity contribution in [2.24, 2.45) is 0 Å². The largest absolute Gasteiger partial charge is 0.391 e. The summed E-state index contributed by atoms with van der Waals surface area (Å²) in [5.74, 6) is -0.134. The number of β-amino-alcohol motifs (C(OH)–C–C–N with tert-alkyl or cyclic N) is 1. The number of carbonyl (C=O) groups is 1. The van der Waals surface area contributed by atoms with Gasteiger partial charge in [0, 0.05) is 32.7 Å². The first-order valence-corrected chi connectivity index (χ1v) is 9.48. The minimum atomic E-state index is -0.419. The van der Waals surface area contributed by atoms with Crippen LogP contribution in [-0.2, 0) is 6.42 Å². The van der Waals surface area contributed by atoms with Crippen molar-refractivity contribution in [3.05, 3.63) is 69.7 Å². The predicted octanol–water partition coefficient (Wildman–Crippen LogP) is 3.35. The molecular weight excluding hydrogens is 371 g/mol. The number of piperazine rings is 1. The molecule has 0 radical (unpaired) electrons. The van der Waals surface area contributed by atoms with Crippen molar-refractivity contribution in [3.8, 4) is 0 Å². The van der Waals surface area contributed by atoms with Gasteiger partial charge in [0.05, 0.1) is 21.7 Å². The van der Waals surface area contributed by atoms with Gasteiger partial charge in [-0.3, -0.25) is 9.69 Å². The number of carbonyl (C=O) groups excluding carboxylic acids is 1. The second-order valence-corrected chi connectivity index (χ2v) is 7.35. The van der Waals surface area contributed by atoms with Crippen LogP contribution in [-0.4, -0.2) is 59.6 Å².